The monoisotopic (exact) mass is 824 g/mol. The number of carbonyl (C=O) groups excluding carboxylic acids is 2. The molecule has 0 N–H and O–H groups in total. The van der Waals surface area contributed by atoms with E-state index in [9.17, 15) is 9.59 Å². The molecular weight excluding hydrogens is 771 g/mol. The first kappa shape index (κ1) is 40.6. The SMILES string of the molecule is COc1nc(-c2cccc(-c3cccc(-c4ccc(CN5CCCC6(CCN(C(C)=O)C6)C5)c(OC)n4)c3Cl)c2Cl)ccc1CN1CCCC2(CCN(C(C)=O)C2)C1. The Balaban J connectivity index is 0.999. The topological polar surface area (TPSA) is 91.3 Å². The normalized spacial score (nSPS) is 22.6. The van der Waals surface area contributed by atoms with E-state index in [1.54, 1.807) is 28.1 Å². The molecule has 306 valence electrons. The summed E-state index contributed by atoms with van der Waals surface area (Å²) in [6.45, 7) is 12.1. The highest BCUT2D eigenvalue weighted by Crippen LogP contribution is 2.44. The fraction of sp³-hybridized carbons (Fsp3) is 0.478. The molecule has 4 saturated heterocycles. The summed E-state index contributed by atoms with van der Waals surface area (Å²) in [7, 11) is 3.33. The van der Waals surface area contributed by atoms with Gasteiger partial charge in [-0.15, -0.1) is 0 Å². The van der Waals surface area contributed by atoms with Crippen molar-refractivity contribution in [2.24, 2.45) is 10.8 Å². The van der Waals surface area contributed by atoms with E-state index in [1.165, 1.54) is 0 Å². The maximum Gasteiger partial charge on any atom is 0.219 e. The van der Waals surface area contributed by atoms with E-state index in [2.05, 4.69) is 21.9 Å². The Kier molecular flexibility index (Phi) is 11.7. The van der Waals surface area contributed by atoms with E-state index in [4.69, 9.17) is 42.6 Å². The second-order valence-corrected chi connectivity index (χ2v) is 17.8. The quantitative estimate of drug-likeness (QED) is 0.166. The van der Waals surface area contributed by atoms with E-state index < -0.39 is 0 Å². The number of hydrogen-bond donors (Lipinski definition) is 0. The molecule has 12 heteroatoms. The zero-order valence-electron chi connectivity index (χ0n) is 34.2. The lowest BCUT2D eigenvalue weighted by Crippen LogP contribution is -2.44. The second-order valence-electron chi connectivity index (χ2n) is 17.1. The van der Waals surface area contributed by atoms with Crippen molar-refractivity contribution < 1.29 is 19.1 Å². The van der Waals surface area contributed by atoms with Crippen molar-refractivity contribution in [2.75, 3.05) is 66.6 Å². The minimum Gasteiger partial charge on any atom is -0.481 e. The predicted octanol–water partition coefficient (Wildman–Crippen LogP) is 8.47. The van der Waals surface area contributed by atoms with Crippen molar-refractivity contribution in [1.82, 2.24) is 29.6 Å². The molecule has 0 radical (unpaired) electrons. The lowest BCUT2D eigenvalue weighted by molar-refractivity contribution is -0.129. The Morgan fingerprint density at radius 2 is 1.00 bits per heavy atom. The Hall–Kier alpha value is -4.22. The number of pyridine rings is 2. The first-order chi connectivity index (χ1) is 28.0. The number of rotatable bonds is 9. The minimum atomic E-state index is 0.164. The standard InChI is InChI=1S/C46H54Cl2N6O4/c1-31(55)53-23-19-45(29-53)17-7-21-51(27-45)25-33-13-15-39(49-43(33)57-3)37-11-5-9-35(41(37)47)36-10-6-12-38(42(36)48)40-16-14-34(44(50-40)58-4)26-52-22-8-18-46(28-52)20-24-54(30-46)32(2)56/h5-6,9-16H,7-8,17-30H2,1-4H3. The molecule has 2 amide bonds. The van der Waals surface area contributed by atoms with Crippen LogP contribution in [0.5, 0.6) is 11.8 Å². The molecule has 4 aliphatic heterocycles. The van der Waals surface area contributed by atoms with E-state index in [-0.39, 0.29) is 22.6 Å². The average Bonchev–Trinajstić information content (AvgIpc) is 3.83. The van der Waals surface area contributed by atoms with Crippen molar-refractivity contribution in [3.63, 3.8) is 0 Å². The number of aromatic nitrogens is 2. The van der Waals surface area contributed by atoms with Crippen LogP contribution in [0.3, 0.4) is 0 Å². The molecular formula is C46H54Cl2N6O4. The van der Waals surface area contributed by atoms with Gasteiger partial charge in [0, 0.05) is 110 Å². The summed E-state index contributed by atoms with van der Waals surface area (Å²) in [5.74, 6) is 1.50. The van der Waals surface area contributed by atoms with Gasteiger partial charge in [0.15, 0.2) is 0 Å². The van der Waals surface area contributed by atoms with Crippen molar-refractivity contribution >= 4 is 35.0 Å². The Labute approximate surface area is 352 Å². The maximum absolute atomic E-state index is 12.1. The molecule has 10 nitrogen and oxygen atoms in total. The van der Waals surface area contributed by atoms with Crippen LogP contribution in [0.2, 0.25) is 10.0 Å². The number of halogens is 2. The lowest BCUT2D eigenvalue weighted by Gasteiger charge is -2.40. The Morgan fingerprint density at radius 3 is 1.38 bits per heavy atom. The zero-order valence-corrected chi connectivity index (χ0v) is 35.7. The number of piperidine rings is 2. The van der Waals surface area contributed by atoms with E-state index in [0.29, 0.717) is 33.2 Å². The number of hydrogen-bond acceptors (Lipinski definition) is 8. The second kappa shape index (κ2) is 16.8. The first-order valence-corrected chi connectivity index (χ1v) is 21.4. The molecule has 2 spiro atoms. The van der Waals surface area contributed by atoms with Gasteiger partial charge in [-0.1, -0.05) is 71.7 Å². The first-order valence-electron chi connectivity index (χ1n) is 20.6. The summed E-state index contributed by atoms with van der Waals surface area (Å²) in [6.07, 6.45) is 6.66. The largest absolute Gasteiger partial charge is 0.481 e. The lowest BCUT2D eigenvalue weighted by atomic mass is 9.79. The third-order valence-corrected chi connectivity index (χ3v) is 14.0. The molecule has 2 aromatic heterocycles. The molecule has 6 heterocycles. The summed E-state index contributed by atoms with van der Waals surface area (Å²) in [5, 5.41) is 1.10. The smallest absolute Gasteiger partial charge is 0.219 e. The van der Waals surface area contributed by atoms with Gasteiger partial charge in [0.05, 0.1) is 35.7 Å². The predicted molar refractivity (Wildman–Crippen MR) is 229 cm³/mol. The highest BCUT2D eigenvalue weighted by Gasteiger charge is 2.43. The van der Waals surface area contributed by atoms with Crippen LogP contribution in [-0.4, -0.2) is 108 Å². The van der Waals surface area contributed by atoms with Crippen LogP contribution >= 0.6 is 23.2 Å². The maximum atomic E-state index is 12.1. The third-order valence-electron chi connectivity index (χ3n) is 13.1. The van der Waals surface area contributed by atoms with E-state index in [1.807, 2.05) is 58.3 Å². The fourth-order valence-electron chi connectivity index (χ4n) is 10.2. The molecule has 4 aliphatic rings. The Bertz CT molecular complexity index is 2050. The molecule has 0 aliphatic carbocycles. The molecule has 4 fully saturated rings. The summed E-state index contributed by atoms with van der Waals surface area (Å²) in [6, 6.07) is 20.1. The molecule has 8 rings (SSSR count). The zero-order chi connectivity index (χ0) is 40.6. The van der Waals surface area contributed by atoms with Gasteiger partial charge in [0.25, 0.3) is 0 Å². The number of carbonyl (C=O) groups is 2. The average molecular weight is 826 g/mol. The van der Waals surface area contributed by atoms with E-state index >= 15 is 0 Å². The molecule has 2 atom stereocenters. The fourth-order valence-corrected chi connectivity index (χ4v) is 10.8. The molecule has 2 aromatic carbocycles. The van der Waals surface area contributed by atoms with Gasteiger partial charge < -0.3 is 19.3 Å². The molecule has 0 bridgehead atoms. The highest BCUT2D eigenvalue weighted by molar-refractivity contribution is 6.39. The number of benzene rings is 2. The highest BCUT2D eigenvalue weighted by atomic mass is 35.5. The number of ether oxygens (including phenoxy) is 2. The van der Waals surface area contributed by atoms with Gasteiger partial charge in [-0.3, -0.25) is 19.4 Å². The summed E-state index contributed by atoms with van der Waals surface area (Å²) in [4.78, 5) is 43.1. The van der Waals surface area contributed by atoms with Crippen LogP contribution in [0, 0.1) is 10.8 Å². The van der Waals surface area contributed by atoms with Crippen molar-refractivity contribution in [3.8, 4) is 45.4 Å². The minimum absolute atomic E-state index is 0.164. The summed E-state index contributed by atoms with van der Waals surface area (Å²) in [5.41, 5.74) is 6.97. The number of nitrogens with zero attached hydrogens (tertiary/aromatic N) is 6. The summed E-state index contributed by atoms with van der Waals surface area (Å²) >= 11 is 14.5. The van der Waals surface area contributed by atoms with Crippen LogP contribution < -0.4 is 9.47 Å². The van der Waals surface area contributed by atoms with E-state index in [0.717, 1.165) is 137 Å². The third kappa shape index (κ3) is 8.18. The number of likely N-dealkylation sites (tertiary alicyclic amines) is 4. The van der Waals surface area contributed by atoms with Crippen molar-refractivity contribution in [3.05, 3.63) is 81.8 Å². The summed E-state index contributed by atoms with van der Waals surface area (Å²) < 4.78 is 11.7. The van der Waals surface area contributed by atoms with Gasteiger partial charge in [-0.05, 0) is 63.7 Å². The molecule has 2 unspecified atom stereocenters. The molecule has 0 saturated carbocycles. The molecule has 58 heavy (non-hydrogen) atoms. The van der Waals surface area contributed by atoms with Crippen molar-refractivity contribution in [2.45, 2.75) is 65.5 Å². The Morgan fingerprint density at radius 1 is 0.586 bits per heavy atom. The number of methoxy groups -OCH3 is 2. The van der Waals surface area contributed by atoms with Gasteiger partial charge in [-0.2, -0.15) is 0 Å². The van der Waals surface area contributed by atoms with Crippen LogP contribution in [0.15, 0.2) is 60.7 Å². The van der Waals surface area contributed by atoms with Gasteiger partial charge >= 0.3 is 0 Å². The van der Waals surface area contributed by atoms with Gasteiger partial charge in [0.2, 0.25) is 23.6 Å². The molecule has 4 aromatic rings. The van der Waals surface area contributed by atoms with Gasteiger partial charge in [-0.25, -0.2) is 9.97 Å². The van der Waals surface area contributed by atoms with Crippen LogP contribution in [0.1, 0.15) is 63.5 Å². The number of amides is 2. The van der Waals surface area contributed by atoms with Gasteiger partial charge in [0.1, 0.15) is 0 Å². The van der Waals surface area contributed by atoms with Crippen LogP contribution in [-0.2, 0) is 22.7 Å². The van der Waals surface area contributed by atoms with Crippen LogP contribution in [0.25, 0.3) is 33.6 Å². The van der Waals surface area contributed by atoms with Crippen molar-refractivity contribution in [1.29, 1.82) is 0 Å². The van der Waals surface area contributed by atoms with Crippen LogP contribution in [0.4, 0.5) is 0 Å².